The van der Waals surface area contributed by atoms with E-state index in [4.69, 9.17) is 5.11 Å². The zero-order chi connectivity index (χ0) is 11.4. The quantitative estimate of drug-likeness (QED) is 0.784. The SMILES string of the molecule is CCC(Nc1cc(I)ccc1Br)C(=O)O. The van der Waals surface area contributed by atoms with Crippen molar-refractivity contribution < 1.29 is 9.90 Å². The zero-order valence-corrected chi connectivity index (χ0v) is 11.9. The molecular weight excluding hydrogens is 373 g/mol. The molecule has 0 bridgehead atoms. The molecule has 0 spiro atoms. The molecule has 0 aliphatic heterocycles. The van der Waals surface area contributed by atoms with Gasteiger partial charge in [-0.15, -0.1) is 0 Å². The van der Waals surface area contributed by atoms with Gasteiger partial charge in [-0.2, -0.15) is 0 Å². The summed E-state index contributed by atoms with van der Waals surface area (Å²) in [6, 6.07) is 5.23. The summed E-state index contributed by atoms with van der Waals surface area (Å²) in [6.07, 6.45) is 0.549. The lowest BCUT2D eigenvalue weighted by atomic mass is 10.2. The highest BCUT2D eigenvalue weighted by molar-refractivity contribution is 14.1. The van der Waals surface area contributed by atoms with Gasteiger partial charge in [-0.3, -0.25) is 0 Å². The van der Waals surface area contributed by atoms with Crippen molar-refractivity contribution in [2.75, 3.05) is 5.32 Å². The van der Waals surface area contributed by atoms with Crippen LogP contribution >= 0.6 is 38.5 Å². The van der Waals surface area contributed by atoms with Gasteiger partial charge in [-0.25, -0.2) is 4.79 Å². The number of benzene rings is 1. The maximum absolute atomic E-state index is 10.9. The monoisotopic (exact) mass is 383 g/mol. The van der Waals surface area contributed by atoms with E-state index in [1.807, 2.05) is 25.1 Å². The molecule has 0 saturated heterocycles. The second-order valence-electron chi connectivity index (χ2n) is 3.07. The average molecular weight is 384 g/mol. The normalized spacial score (nSPS) is 12.2. The highest BCUT2D eigenvalue weighted by Crippen LogP contribution is 2.25. The summed E-state index contributed by atoms with van der Waals surface area (Å²) in [4.78, 5) is 10.9. The number of carboxylic acids is 1. The fraction of sp³-hybridized carbons (Fsp3) is 0.300. The minimum atomic E-state index is -0.830. The van der Waals surface area contributed by atoms with Gasteiger partial charge in [-0.05, 0) is 63.1 Å². The molecule has 5 heteroatoms. The number of hydrogen-bond donors (Lipinski definition) is 2. The van der Waals surface area contributed by atoms with Crippen LogP contribution in [0, 0.1) is 3.57 Å². The third-order valence-corrected chi connectivity index (χ3v) is 3.33. The van der Waals surface area contributed by atoms with Crippen LogP contribution in [0.5, 0.6) is 0 Å². The van der Waals surface area contributed by atoms with Crippen LogP contribution in [0.25, 0.3) is 0 Å². The lowest BCUT2D eigenvalue weighted by Gasteiger charge is -2.15. The summed E-state index contributed by atoms with van der Waals surface area (Å²) in [6.45, 7) is 1.84. The summed E-state index contributed by atoms with van der Waals surface area (Å²) in [5, 5.41) is 11.9. The standard InChI is InChI=1S/C10H11BrINO2/c1-2-8(10(14)15)13-9-5-6(12)3-4-7(9)11/h3-5,8,13H,2H2,1H3,(H,14,15). The Balaban J connectivity index is 2.87. The van der Waals surface area contributed by atoms with Crippen LogP contribution in [0.2, 0.25) is 0 Å². The highest BCUT2D eigenvalue weighted by atomic mass is 127. The Kier molecular flexibility index (Phi) is 4.85. The molecule has 0 fully saturated rings. The van der Waals surface area contributed by atoms with Crippen molar-refractivity contribution in [1.82, 2.24) is 0 Å². The summed E-state index contributed by atoms with van der Waals surface area (Å²) in [5.74, 6) is -0.830. The molecule has 1 rings (SSSR count). The third kappa shape index (κ3) is 3.64. The van der Waals surface area contributed by atoms with E-state index in [2.05, 4.69) is 43.8 Å². The minimum Gasteiger partial charge on any atom is -0.480 e. The molecule has 0 amide bonds. The number of carbonyl (C=O) groups is 1. The van der Waals surface area contributed by atoms with Gasteiger partial charge in [0.25, 0.3) is 0 Å². The van der Waals surface area contributed by atoms with E-state index < -0.39 is 12.0 Å². The molecule has 0 heterocycles. The number of halogens is 2. The lowest BCUT2D eigenvalue weighted by Crippen LogP contribution is -2.28. The maximum atomic E-state index is 10.9. The average Bonchev–Trinajstić information content (AvgIpc) is 2.18. The van der Waals surface area contributed by atoms with Gasteiger partial charge in [0.2, 0.25) is 0 Å². The largest absolute Gasteiger partial charge is 0.480 e. The van der Waals surface area contributed by atoms with E-state index >= 15 is 0 Å². The van der Waals surface area contributed by atoms with E-state index in [1.54, 1.807) is 0 Å². The van der Waals surface area contributed by atoms with Crippen molar-refractivity contribution in [2.45, 2.75) is 19.4 Å². The number of carboxylic acid groups (broad SMARTS) is 1. The van der Waals surface area contributed by atoms with E-state index in [0.29, 0.717) is 6.42 Å². The number of hydrogen-bond acceptors (Lipinski definition) is 2. The lowest BCUT2D eigenvalue weighted by molar-refractivity contribution is -0.137. The Bertz CT molecular complexity index is 370. The molecule has 0 aliphatic carbocycles. The van der Waals surface area contributed by atoms with E-state index in [1.165, 1.54) is 0 Å². The van der Waals surface area contributed by atoms with E-state index in [-0.39, 0.29) is 0 Å². The van der Waals surface area contributed by atoms with Gasteiger partial charge in [0.1, 0.15) is 6.04 Å². The second kappa shape index (κ2) is 5.69. The van der Waals surface area contributed by atoms with Gasteiger partial charge in [0.05, 0.1) is 5.69 Å². The minimum absolute atomic E-state index is 0.542. The van der Waals surface area contributed by atoms with Crippen LogP contribution in [-0.4, -0.2) is 17.1 Å². The van der Waals surface area contributed by atoms with Crippen molar-refractivity contribution >= 4 is 50.2 Å². The Morgan fingerprint density at radius 3 is 2.87 bits per heavy atom. The fourth-order valence-corrected chi connectivity index (χ4v) is 1.99. The highest BCUT2D eigenvalue weighted by Gasteiger charge is 2.15. The molecule has 2 N–H and O–H groups in total. The Morgan fingerprint density at radius 1 is 1.67 bits per heavy atom. The van der Waals surface area contributed by atoms with Gasteiger partial charge < -0.3 is 10.4 Å². The molecule has 1 aromatic carbocycles. The first-order valence-corrected chi connectivity index (χ1v) is 6.36. The van der Waals surface area contributed by atoms with Crippen molar-refractivity contribution in [1.29, 1.82) is 0 Å². The molecule has 1 atom stereocenters. The van der Waals surface area contributed by atoms with Crippen LogP contribution < -0.4 is 5.32 Å². The maximum Gasteiger partial charge on any atom is 0.326 e. The number of anilines is 1. The topological polar surface area (TPSA) is 49.3 Å². The van der Waals surface area contributed by atoms with Crippen LogP contribution in [0.4, 0.5) is 5.69 Å². The van der Waals surface area contributed by atoms with Gasteiger partial charge >= 0.3 is 5.97 Å². The number of rotatable bonds is 4. The summed E-state index contributed by atoms with van der Waals surface area (Å²) >= 11 is 5.57. The predicted octanol–water partition coefficient (Wildman–Crippen LogP) is 3.33. The molecule has 0 aromatic heterocycles. The Labute approximate surface area is 111 Å². The van der Waals surface area contributed by atoms with Gasteiger partial charge in [0.15, 0.2) is 0 Å². The fourth-order valence-electron chi connectivity index (χ4n) is 1.13. The first-order chi connectivity index (χ1) is 7.04. The van der Waals surface area contributed by atoms with Crippen molar-refractivity contribution in [3.63, 3.8) is 0 Å². The summed E-state index contributed by atoms with van der Waals surface area (Å²) in [7, 11) is 0. The van der Waals surface area contributed by atoms with Crippen LogP contribution in [-0.2, 0) is 4.79 Å². The Hall–Kier alpha value is -0.300. The molecule has 82 valence electrons. The zero-order valence-electron chi connectivity index (χ0n) is 8.13. The first kappa shape index (κ1) is 12.8. The van der Waals surface area contributed by atoms with Crippen molar-refractivity contribution in [3.05, 3.63) is 26.2 Å². The van der Waals surface area contributed by atoms with Crippen molar-refractivity contribution in [2.24, 2.45) is 0 Å². The molecule has 3 nitrogen and oxygen atoms in total. The number of aliphatic carboxylic acids is 1. The molecule has 1 unspecified atom stereocenters. The predicted molar refractivity (Wildman–Crippen MR) is 72.2 cm³/mol. The molecule has 0 aliphatic rings. The third-order valence-electron chi connectivity index (χ3n) is 1.96. The number of nitrogens with one attached hydrogen (secondary N) is 1. The van der Waals surface area contributed by atoms with Crippen LogP contribution in [0.1, 0.15) is 13.3 Å². The smallest absolute Gasteiger partial charge is 0.326 e. The molecule has 15 heavy (non-hydrogen) atoms. The molecule has 0 radical (unpaired) electrons. The Morgan fingerprint density at radius 2 is 2.33 bits per heavy atom. The second-order valence-corrected chi connectivity index (χ2v) is 5.17. The van der Waals surface area contributed by atoms with E-state index in [0.717, 1.165) is 13.7 Å². The van der Waals surface area contributed by atoms with E-state index in [9.17, 15) is 4.79 Å². The van der Waals surface area contributed by atoms with Crippen molar-refractivity contribution in [3.8, 4) is 0 Å². The van der Waals surface area contributed by atoms with Gasteiger partial charge in [0, 0.05) is 8.04 Å². The molecular formula is C10H11BrINO2. The van der Waals surface area contributed by atoms with Gasteiger partial charge in [-0.1, -0.05) is 6.92 Å². The van der Waals surface area contributed by atoms with Crippen LogP contribution in [0.3, 0.4) is 0 Å². The first-order valence-electron chi connectivity index (χ1n) is 4.49. The summed E-state index contributed by atoms with van der Waals surface area (Å²) in [5.41, 5.74) is 0.816. The molecule has 0 saturated carbocycles. The van der Waals surface area contributed by atoms with Crippen LogP contribution in [0.15, 0.2) is 22.7 Å². The summed E-state index contributed by atoms with van der Waals surface area (Å²) < 4.78 is 1.95. The molecule has 1 aromatic rings.